The Balaban J connectivity index is 1.81. The zero-order valence-electron chi connectivity index (χ0n) is 13.7. The van der Waals surface area contributed by atoms with E-state index >= 15 is 0 Å². The van der Waals surface area contributed by atoms with E-state index in [2.05, 4.69) is 5.32 Å². The molecule has 2 amide bonds. The average molecular weight is 375 g/mol. The smallest absolute Gasteiger partial charge is 0.251 e. The van der Waals surface area contributed by atoms with Crippen LogP contribution in [0.25, 0.3) is 6.08 Å². The summed E-state index contributed by atoms with van der Waals surface area (Å²) in [6, 6.07) is 7.28. The Morgan fingerprint density at radius 3 is 2.68 bits per heavy atom. The van der Waals surface area contributed by atoms with Gasteiger partial charge < -0.3 is 11.1 Å². The quantitative estimate of drug-likeness (QED) is 0.614. The van der Waals surface area contributed by atoms with E-state index in [0.29, 0.717) is 15.6 Å². The Hall–Kier alpha value is -2.11. The van der Waals surface area contributed by atoms with E-state index in [9.17, 15) is 9.59 Å². The number of halogens is 1. The Morgan fingerprint density at radius 1 is 1.16 bits per heavy atom. The lowest BCUT2D eigenvalue weighted by molar-refractivity contribution is -0.111. The van der Waals surface area contributed by atoms with E-state index in [1.807, 2.05) is 18.2 Å². The Kier molecular flexibility index (Phi) is 5.56. The maximum absolute atomic E-state index is 12.3. The number of amides is 2. The Labute approximate surface area is 155 Å². The molecule has 1 aromatic carbocycles. The van der Waals surface area contributed by atoms with E-state index in [0.717, 1.165) is 48.1 Å². The molecule has 0 unspecified atom stereocenters. The molecular formula is C19H19ClN2O2S. The van der Waals surface area contributed by atoms with E-state index in [-0.39, 0.29) is 5.91 Å². The van der Waals surface area contributed by atoms with Crippen LogP contribution < -0.4 is 11.1 Å². The number of carbonyl (C=O) groups excluding carboxylic acids is 2. The SMILES string of the molecule is NC(=O)c1c(NC(=O)C=Cc2ccccc2Cl)sc2c1CCCCC2. The van der Waals surface area contributed by atoms with Gasteiger partial charge in [0.15, 0.2) is 0 Å². The van der Waals surface area contributed by atoms with E-state index < -0.39 is 5.91 Å². The van der Waals surface area contributed by atoms with Gasteiger partial charge in [0.2, 0.25) is 5.91 Å². The van der Waals surface area contributed by atoms with Crippen molar-refractivity contribution >= 4 is 45.8 Å². The number of nitrogens with two attached hydrogens (primary N) is 1. The number of nitrogens with one attached hydrogen (secondary N) is 1. The zero-order chi connectivity index (χ0) is 17.8. The molecule has 6 heteroatoms. The van der Waals surface area contributed by atoms with Crippen LogP contribution in [-0.2, 0) is 17.6 Å². The molecule has 0 aliphatic heterocycles. The molecule has 1 aromatic heterocycles. The third kappa shape index (κ3) is 4.11. The van der Waals surface area contributed by atoms with Gasteiger partial charge in [-0.25, -0.2) is 0 Å². The summed E-state index contributed by atoms with van der Waals surface area (Å²) < 4.78 is 0. The molecule has 130 valence electrons. The molecule has 4 nitrogen and oxygen atoms in total. The second-order valence-corrected chi connectivity index (χ2v) is 7.49. The van der Waals surface area contributed by atoms with Gasteiger partial charge in [0, 0.05) is 16.0 Å². The first-order chi connectivity index (χ1) is 12.1. The van der Waals surface area contributed by atoms with Crippen LogP contribution in [0.5, 0.6) is 0 Å². The fourth-order valence-electron chi connectivity index (χ4n) is 3.02. The lowest BCUT2D eigenvalue weighted by Gasteiger charge is -2.04. The third-order valence-electron chi connectivity index (χ3n) is 4.22. The summed E-state index contributed by atoms with van der Waals surface area (Å²) in [6.07, 6.45) is 8.15. The van der Waals surface area contributed by atoms with E-state index in [4.69, 9.17) is 17.3 Å². The number of anilines is 1. The summed E-state index contributed by atoms with van der Waals surface area (Å²) in [6.45, 7) is 0. The monoisotopic (exact) mass is 374 g/mol. The first-order valence-corrected chi connectivity index (χ1v) is 9.43. The molecule has 3 N–H and O–H groups in total. The summed E-state index contributed by atoms with van der Waals surface area (Å²) in [5.74, 6) is -0.788. The highest BCUT2D eigenvalue weighted by atomic mass is 35.5. The van der Waals surface area contributed by atoms with Gasteiger partial charge in [-0.3, -0.25) is 9.59 Å². The molecule has 1 heterocycles. The number of thiophene rings is 1. The van der Waals surface area contributed by atoms with Crippen molar-refractivity contribution in [2.75, 3.05) is 5.32 Å². The van der Waals surface area contributed by atoms with Crippen molar-refractivity contribution in [3.63, 3.8) is 0 Å². The van der Waals surface area contributed by atoms with Crippen molar-refractivity contribution in [3.05, 3.63) is 56.9 Å². The second-order valence-electron chi connectivity index (χ2n) is 5.98. The fraction of sp³-hybridized carbons (Fsp3) is 0.263. The number of hydrogen-bond donors (Lipinski definition) is 2. The fourth-order valence-corrected chi connectivity index (χ4v) is 4.52. The van der Waals surface area contributed by atoms with Crippen molar-refractivity contribution in [1.82, 2.24) is 0 Å². The topological polar surface area (TPSA) is 72.2 Å². The number of hydrogen-bond acceptors (Lipinski definition) is 3. The van der Waals surface area contributed by atoms with Gasteiger partial charge in [0.05, 0.1) is 5.56 Å². The maximum atomic E-state index is 12.3. The third-order valence-corrected chi connectivity index (χ3v) is 5.78. The molecule has 0 radical (unpaired) electrons. The standard InChI is InChI=1S/C19H19ClN2O2S/c20-14-8-5-4-6-12(14)10-11-16(23)22-19-17(18(21)24)13-7-2-1-3-9-15(13)25-19/h4-6,8,10-11H,1-3,7,9H2,(H2,21,24)(H,22,23). The summed E-state index contributed by atoms with van der Waals surface area (Å²) >= 11 is 7.54. The van der Waals surface area contributed by atoms with Gasteiger partial charge in [-0.05, 0) is 49.0 Å². The summed E-state index contributed by atoms with van der Waals surface area (Å²) in [5, 5.41) is 3.93. The molecule has 1 aliphatic carbocycles. The summed E-state index contributed by atoms with van der Waals surface area (Å²) in [4.78, 5) is 25.3. The van der Waals surface area contributed by atoms with Crippen LogP contribution in [-0.4, -0.2) is 11.8 Å². The number of rotatable bonds is 4. The molecule has 0 spiro atoms. The lowest BCUT2D eigenvalue weighted by Crippen LogP contribution is -2.16. The molecule has 25 heavy (non-hydrogen) atoms. The summed E-state index contributed by atoms with van der Waals surface area (Å²) in [7, 11) is 0. The normalized spacial score (nSPS) is 14.1. The van der Waals surface area contributed by atoms with Crippen LogP contribution in [0, 0.1) is 0 Å². The van der Waals surface area contributed by atoms with Gasteiger partial charge in [0.1, 0.15) is 5.00 Å². The van der Waals surface area contributed by atoms with Crippen LogP contribution in [0.3, 0.4) is 0 Å². The lowest BCUT2D eigenvalue weighted by atomic mass is 10.1. The highest BCUT2D eigenvalue weighted by Gasteiger charge is 2.23. The second kappa shape index (κ2) is 7.85. The zero-order valence-corrected chi connectivity index (χ0v) is 15.3. The largest absolute Gasteiger partial charge is 0.365 e. The number of fused-ring (bicyclic) bond motifs is 1. The van der Waals surface area contributed by atoms with Gasteiger partial charge in [-0.1, -0.05) is 36.2 Å². The van der Waals surface area contributed by atoms with Crippen molar-refractivity contribution in [2.24, 2.45) is 5.73 Å². The van der Waals surface area contributed by atoms with Crippen molar-refractivity contribution in [1.29, 1.82) is 0 Å². The van der Waals surface area contributed by atoms with Gasteiger partial charge >= 0.3 is 0 Å². The number of carbonyl (C=O) groups is 2. The number of benzene rings is 1. The van der Waals surface area contributed by atoms with Crippen molar-refractivity contribution < 1.29 is 9.59 Å². The van der Waals surface area contributed by atoms with Gasteiger partial charge in [0.25, 0.3) is 5.91 Å². The van der Waals surface area contributed by atoms with E-state index in [1.165, 1.54) is 17.4 Å². The summed E-state index contributed by atoms with van der Waals surface area (Å²) in [5.41, 5.74) is 7.82. The molecule has 1 aliphatic rings. The molecule has 0 bridgehead atoms. The van der Waals surface area contributed by atoms with Crippen LogP contribution >= 0.6 is 22.9 Å². The van der Waals surface area contributed by atoms with Crippen LogP contribution in [0.1, 0.15) is 45.6 Å². The maximum Gasteiger partial charge on any atom is 0.251 e. The molecule has 0 saturated heterocycles. The highest BCUT2D eigenvalue weighted by molar-refractivity contribution is 7.17. The first kappa shape index (κ1) is 17.7. The van der Waals surface area contributed by atoms with Gasteiger partial charge in [-0.2, -0.15) is 0 Å². The van der Waals surface area contributed by atoms with Crippen LogP contribution in [0.15, 0.2) is 30.3 Å². The molecular weight excluding hydrogens is 356 g/mol. The Bertz CT molecular complexity index is 842. The molecule has 0 saturated carbocycles. The molecule has 0 fully saturated rings. The van der Waals surface area contributed by atoms with Crippen LogP contribution in [0.4, 0.5) is 5.00 Å². The minimum Gasteiger partial charge on any atom is -0.365 e. The van der Waals surface area contributed by atoms with Crippen LogP contribution in [0.2, 0.25) is 5.02 Å². The average Bonchev–Trinajstić information content (AvgIpc) is 2.75. The van der Waals surface area contributed by atoms with E-state index in [1.54, 1.807) is 12.1 Å². The first-order valence-electron chi connectivity index (χ1n) is 8.24. The van der Waals surface area contributed by atoms with Gasteiger partial charge in [-0.15, -0.1) is 11.3 Å². The number of aryl methyl sites for hydroxylation is 1. The predicted molar refractivity (Wildman–Crippen MR) is 103 cm³/mol. The molecule has 0 atom stereocenters. The van der Waals surface area contributed by atoms with Crippen molar-refractivity contribution in [3.8, 4) is 0 Å². The molecule has 2 aromatic rings. The Morgan fingerprint density at radius 2 is 1.92 bits per heavy atom. The minimum atomic E-state index is -0.482. The number of primary amides is 1. The van der Waals surface area contributed by atoms with Crippen molar-refractivity contribution in [2.45, 2.75) is 32.1 Å². The minimum absolute atomic E-state index is 0.307. The highest BCUT2D eigenvalue weighted by Crippen LogP contribution is 2.37. The molecule has 3 rings (SSSR count). The predicted octanol–water partition coefficient (Wildman–Crippen LogP) is 4.42.